The minimum absolute atomic E-state index is 0.0796. The minimum Gasteiger partial charge on any atom is -0.375 e. The fourth-order valence-electron chi connectivity index (χ4n) is 3.83. The standard InChI is InChI=1S/C20H26N4O2/c25-20(17-6-3-7-18(14-17)24-12-4-8-21-24)23-11-5-13-26-19(16-23)15-22-9-1-2-10-22/h3-4,6-8,12,14,19H,1-2,5,9-11,13,15-16H2/t19-/m1/s1. The number of likely N-dealkylation sites (tertiary alicyclic amines) is 1. The minimum atomic E-state index is 0.0796. The fraction of sp³-hybridized carbons (Fsp3) is 0.500. The van der Waals surface area contributed by atoms with E-state index in [-0.39, 0.29) is 12.0 Å². The maximum atomic E-state index is 13.1. The Kier molecular flexibility index (Phi) is 5.32. The monoisotopic (exact) mass is 354 g/mol. The van der Waals surface area contributed by atoms with E-state index in [4.69, 9.17) is 4.74 Å². The number of rotatable bonds is 4. The molecule has 6 nitrogen and oxygen atoms in total. The average Bonchev–Trinajstić information content (AvgIpc) is 3.33. The normalized spacial score (nSPS) is 21.7. The van der Waals surface area contributed by atoms with Crippen LogP contribution in [0, 0.1) is 0 Å². The van der Waals surface area contributed by atoms with Crippen LogP contribution in [0.5, 0.6) is 0 Å². The number of amides is 1. The number of ether oxygens (including phenoxy) is 1. The molecule has 0 aliphatic carbocycles. The van der Waals surface area contributed by atoms with Gasteiger partial charge < -0.3 is 14.5 Å². The van der Waals surface area contributed by atoms with Crippen molar-refractivity contribution in [1.82, 2.24) is 19.6 Å². The van der Waals surface area contributed by atoms with Gasteiger partial charge in [0, 0.05) is 44.2 Å². The molecule has 3 heterocycles. The second kappa shape index (κ2) is 8.01. The first kappa shape index (κ1) is 17.2. The molecule has 1 aromatic carbocycles. The lowest BCUT2D eigenvalue weighted by atomic mass is 10.1. The molecule has 2 aliphatic rings. The highest BCUT2D eigenvalue weighted by Gasteiger charge is 2.26. The Hall–Kier alpha value is -2.18. The zero-order valence-corrected chi connectivity index (χ0v) is 15.1. The topological polar surface area (TPSA) is 50.6 Å². The Morgan fingerprint density at radius 3 is 2.85 bits per heavy atom. The Bertz CT molecular complexity index is 725. The summed E-state index contributed by atoms with van der Waals surface area (Å²) in [6.45, 7) is 5.38. The van der Waals surface area contributed by atoms with Crippen LogP contribution in [-0.4, -0.2) is 70.9 Å². The molecule has 0 bridgehead atoms. The Balaban J connectivity index is 1.46. The van der Waals surface area contributed by atoms with Gasteiger partial charge in [-0.3, -0.25) is 4.79 Å². The van der Waals surface area contributed by atoms with Gasteiger partial charge in [0.15, 0.2) is 0 Å². The van der Waals surface area contributed by atoms with Gasteiger partial charge in [0.1, 0.15) is 0 Å². The van der Waals surface area contributed by atoms with Crippen LogP contribution in [-0.2, 0) is 4.74 Å². The predicted octanol–water partition coefficient (Wildman–Crippen LogP) is 2.20. The van der Waals surface area contributed by atoms with E-state index < -0.39 is 0 Å². The number of nitrogens with zero attached hydrogens (tertiary/aromatic N) is 4. The van der Waals surface area contributed by atoms with Crippen LogP contribution in [0.4, 0.5) is 0 Å². The van der Waals surface area contributed by atoms with Crippen molar-refractivity contribution < 1.29 is 9.53 Å². The van der Waals surface area contributed by atoms with E-state index in [2.05, 4.69) is 10.00 Å². The van der Waals surface area contributed by atoms with Crippen LogP contribution < -0.4 is 0 Å². The molecule has 0 unspecified atom stereocenters. The number of hydrogen-bond donors (Lipinski definition) is 0. The zero-order chi connectivity index (χ0) is 17.8. The molecular weight excluding hydrogens is 328 g/mol. The quantitative estimate of drug-likeness (QED) is 0.845. The molecule has 4 rings (SSSR count). The van der Waals surface area contributed by atoms with Crippen LogP contribution in [0.25, 0.3) is 5.69 Å². The van der Waals surface area contributed by atoms with Crippen LogP contribution in [0.1, 0.15) is 29.6 Å². The molecule has 2 aliphatic heterocycles. The lowest BCUT2D eigenvalue weighted by Gasteiger charge is -2.27. The molecule has 0 radical (unpaired) electrons. The van der Waals surface area contributed by atoms with Gasteiger partial charge in [-0.1, -0.05) is 6.07 Å². The molecule has 1 amide bonds. The summed E-state index contributed by atoms with van der Waals surface area (Å²) in [4.78, 5) is 17.5. The Morgan fingerprint density at radius 1 is 1.15 bits per heavy atom. The lowest BCUT2D eigenvalue weighted by Crippen LogP contribution is -2.41. The second-order valence-corrected chi connectivity index (χ2v) is 7.11. The zero-order valence-electron chi connectivity index (χ0n) is 15.1. The number of hydrogen-bond acceptors (Lipinski definition) is 4. The van der Waals surface area contributed by atoms with Gasteiger partial charge in [-0.05, 0) is 56.6 Å². The number of carbonyl (C=O) groups excluding carboxylic acids is 1. The van der Waals surface area contributed by atoms with Crippen molar-refractivity contribution in [2.45, 2.75) is 25.4 Å². The summed E-state index contributed by atoms with van der Waals surface area (Å²) in [5, 5.41) is 4.25. The molecular formula is C20H26N4O2. The van der Waals surface area contributed by atoms with Gasteiger partial charge in [-0.2, -0.15) is 5.10 Å². The van der Waals surface area contributed by atoms with Gasteiger partial charge >= 0.3 is 0 Å². The summed E-state index contributed by atoms with van der Waals surface area (Å²) in [5.74, 6) is 0.0796. The SMILES string of the molecule is O=C(c1cccc(-n2cccn2)c1)N1CCCO[C@H](CN2CCCC2)C1. The van der Waals surface area contributed by atoms with Crippen molar-refractivity contribution in [2.75, 3.05) is 39.3 Å². The molecule has 138 valence electrons. The van der Waals surface area contributed by atoms with Gasteiger partial charge in [0.05, 0.1) is 11.8 Å². The van der Waals surface area contributed by atoms with Crippen LogP contribution in [0.3, 0.4) is 0 Å². The highest BCUT2D eigenvalue weighted by molar-refractivity contribution is 5.94. The molecule has 0 spiro atoms. The van der Waals surface area contributed by atoms with Crippen LogP contribution in [0.2, 0.25) is 0 Å². The van der Waals surface area contributed by atoms with E-state index >= 15 is 0 Å². The number of benzene rings is 1. The maximum Gasteiger partial charge on any atom is 0.254 e. The third-order valence-corrected chi connectivity index (χ3v) is 5.16. The van der Waals surface area contributed by atoms with Crippen molar-refractivity contribution in [2.24, 2.45) is 0 Å². The van der Waals surface area contributed by atoms with E-state index in [1.165, 1.54) is 12.8 Å². The molecule has 2 saturated heterocycles. The van der Waals surface area contributed by atoms with Crippen molar-refractivity contribution >= 4 is 5.91 Å². The van der Waals surface area contributed by atoms with Gasteiger partial charge in [-0.25, -0.2) is 4.68 Å². The molecule has 2 fully saturated rings. The number of aromatic nitrogens is 2. The first-order chi connectivity index (χ1) is 12.8. The second-order valence-electron chi connectivity index (χ2n) is 7.11. The largest absolute Gasteiger partial charge is 0.375 e. The van der Waals surface area contributed by atoms with Crippen LogP contribution in [0.15, 0.2) is 42.7 Å². The van der Waals surface area contributed by atoms with Crippen molar-refractivity contribution in [3.63, 3.8) is 0 Å². The van der Waals surface area contributed by atoms with Gasteiger partial charge in [0.2, 0.25) is 0 Å². The fourth-order valence-corrected chi connectivity index (χ4v) is 3.83. The first-order valence-electron chi connectivity index (χ1n) is 9.53. The summed E-state index contributed by atoms with van der Waals surface area (Å²) < 4.78 is 7.79. The Labute approximate surface area is 154 Å². The van der Waals surface area contributed by atoms with Gasteiger partial charge in [0.25, 0.3) is 5.91 Å². The molecule has 1 aromatic heterocycles. The molecule has 2 aromatic rings. The maximum absolute atomic E-state index is 13.1. The summed E-state index contributed by atoms with van der Waals surface area (Å²) in [6.07, 6.45) is 7.17. The van der Waals surface area contributed by atoms with E-state index in [1.54, 1.807) is 10.9 Å². The summed E-state index contributed by atoms with van der Waals surface area (Å²) in [7, 11) is 0. The predicted molar refractivity (Wildman–Crippen MR) is 99.5 cm³/mol. The molecule has 26 heavy (non-hydrogen) atoms. The van der Waals surface area contributed by atoms with E-state index in [1.807, 2.05) is 41.4 Å². The lowest BCUT2D eigenvalue weighted by molar-refractivity contribution is 0.0297. The molecule has 0 N–H and O–H groups in total. The Morgan fingerprint density at radius 2 is 2.04 bits per heavy atom. The van der Waals surface area contributed by atoms with E-state index in [0.29, 0.717) is 12.1 Å². The first-order valence-corrected chi connectivity index (χ1v) is 9.53. The van der Waals surface area contributed by atoms with Crippen molar-refractivity contribution in [1.29, 1.82) is 0 Å². The third kappa shape index (κ3) is 3.97. The van der Waals surface area contributed by atoms with E-state index in [9.17, 15) is 4.79 Å². The molecule has 1 atom stereocenters. The van der Waals surface area contributed by atoms with Crippen molar-refractivity contribution in [3.05, 3.63) is 48.3 Å². The highest BCUT2D eigenvalue weighted by Crippen LogP contribution is 2.16. The van der Waals surface area contributed by atoms with Crippen molar-refractivity contribution in [3.8, 4) is 5.69 Å². The molecule has 6 heteroatoms. The smallest absolute Gasteiger partial charge is 0.254 e. The van der Waals surface area contributed by atoms with E-state index in [0.717, 1.165) is 44.9 Å². The molecule has 0 saturated carbocycles. The summed E-state index contributed by atoms with van der Waals surface area (Å²) in [6, 6.07) is 9.56. The third-order valence-electron chi connectivity index (χ3n) is 5.16. The van der Waals surface area contributed by atoms with Crippen LogP contribution >= 0.6 is 0 Å². The highest BCUT2D eigenvalue weighted by atomic mass is 16.5. The average molecular weight is 354 g/mol. The summed E-state index contributed by atoms with van der Waals surface area (Å²) >= 11 is 0. The number of carbonyl (C=O) groups is 1. The summed E-state index contributed by atoms with van der Waals surface area (Å²) in [5.41, 5.74) is 1.61. The van der Waals surface area contributed by atoms with Gasteiger partial charge in [-0.15, -0.1) is 0 Å².